The Balaban J connectivity index is 2.51. The maximum absolute atomic E-state index is 13.4. The third kappa shape index (κ3) is 3.47. The van der Waals surface area contributed by atoms with E-state index in [1.807, 2.05) is 0 Å². The van der Waals surface area contributed by atoms with Crippen LogP contribution in [0.25, 0.3) is 0 Å². The van der Waals surface area contributed by atoms with Crippen LogP contribution in [0.5, 0.6) is 0 Å². The fraction of sp³-hybridized carbons (Fsp3) is 0.818. The van der Waals surface area contributed by atoms with Crippen LogP contribution in [0.3, 0.4) is 0 Å². The Hall–Kier alpha value is -1.13. The highest BCUT2D eigenvalue weighted by atomic mass is 19.1. The van der Waals surface area contributed by atoms with Crippen molar-refractivity contribution in [2.45, 2.75) is 39.0 Å². The summed E-state index contributed by atoms with van der Waals surface area (Å²) in [7, 11) is 0. The summed E-state index contributed by atoms with van der Waals surface area (Å²) in [5.41, 5.74) is -0.579. The van der Waals surface area contributed by atoms with Crippen molar-refractivity contribution in [3.63, 3.8) is 0 Å². The molecule has 0 aromatic carbocycles. The number of nitrogens with zero attached hydrogens (tertiary/aromatic N) is 1. The van der Waals surface area contributed by atoms with Crippen molar-refractivity contribution in [2.75, 3.05) is 13.1 Å². The molecule has 0 bridgehead atoms. The van der Waals surface area contributed by atoms with Crippen molar-refractivity contribution < 1.29 is 18.7 Å². The monoisotopic (exact) mass is 231 g/mol. The second-order valence-corrected chi connectivity index (χ2v) is 5.03. The van der Waals surface area contributed by atoms with E-state index in [0.717, 1.165) is 0 Å². The Morgan fingerprint density at radius 2 is 2.12 bits per heavy atom. The van der Waals surface area contributed by atoms with Crippen LogP contribution in [-0.2, 0) is 9.53 Å². The molecule has 16 heavy (non-hydrogen) atoms. The standard InChI is InChI=1S/C11H18FNO3/c1-11(2,3)16-10(15)13-5-4-8(7-14)9(12)6-13/h7-9H,4-6H2,1-3H3/t8-,9+/m1/s1. The second-order valence-electron chi connectivity index (χ2n) is 5.03. The van der Waals surface area contributed by atoms with E-state index in [1.165, 1.54) is 4.90 Å². The number of piperidine rings is 1. The van der Waals surface area contributed by atoms with Crippen molar-refractivity contribution in [3.8, 4) is 0 Å². The average molecular weight is 231 g/mol. The molecule has 1 amide bonds. The van der Waals surface area contributed by atoms with Gasteiger partial charge in [-0.05, 0) is 27.2 Å². The van der Waals surface area contributed by atoms with Gasteiger partial charge in [0, 0.05) is 12.5 Å². The minimum atomic E-state index is -1.28. The molecule has 0 aromatic heterocycles. The van der Waals surface area contributed by atoms with Crippen molar-refractivity contribution in [1.29, 1.82) is 0 Å². The number of hydrogen-bond acceptors (Lipinski definition) is 3. The molecule has 0 saturated carbocycles. The van der Waals surface area contributed by atoms with Gasteiger partial charge in [-0.15, -0.1) is 0 Å². The maximum Gasteiger partial charge on any atom is 0.410 e. The summed E-state index contributed by atoms with van der Waals surface area (Å²) in [6, 6.07) is 0. The summed E-state index contributed by atoms with van der Waals surface area (Å²) in [5, 5.41) is 0. The van der Waals surface area contributed by atoms with Crippen LogP contribution in [-0.4, -0.2) is 42.1 Å². The molecule has 1 rings (SSSR count). The molecule has 0 aromatic rings. The van der Waals surface area contributed by atoms with E-state index in [2.05, 4.69) is 0 Å². The van der Waals surface area contributed by atoms with Gasteiger partial charge in [-0.2, -0.15) is 0 Å². The first-order valence-corrected chi connectivity index (χ1v) is 5.41. The second kappa shape index (κ2) is 4.80. The smallest absolute Gasteiger partial charge is 0.410 e. The van der Waals surface area contributed by atoms with Crippen molar-refractivity contribution in [3.05, 3.63) is 0 Å². The molecule has 1 heterocycles. The van der Waals surface area contributed by atoms with Gasteiger partial charge in [0.05, 0.1) is 6.54 Å². The summed E-state index contributed by atoms with van der Waals surface area (Å²) >= 11 is 0. The summed E-state index contributed by atoms with van der Waals surface area (Å²) < 4.78 is 18.5. The molecule has 5 heteroatoms. The van der Waals surface area contributed by atoms with E-state index in [1.54, 1.807) is 20.8 Å². The quantitative estimate of drug-likeness (QED) is 0.646. The molecule has 1 aliphatic heterocycles. The molecule has 0 N–H and O–H groups in total. The number of halogens is 1. The number of ether oxygens (including phenoxy) is 1. The van der Waals surface area contributed by atoms with E-state index in [0.29, 0.717) is 19.3 Å². The predicted octanol–water partition coefficient (Wildman–Crippen LogP) is 1.78. The Morgan fingerprint density at radius 1 is 1.50 bits per heavy atom. The molecule has 1 saturated heterocycles. The van der Waals surface area contributed by atoms with Gasteiger partial charge in [-0.3, -0.25) is 0 Å². The van der Waals surface area contributed by atoms with Crippen LogP contribution in [0, 0.1) is 5.92 Å². The predicted molar refractivity (Wildman–Crippen MR) is 56.9 cm³/mol. The molecule has 2 atom stereocenters. The lowest BCUT2D eigenvalue weighted by molar-refractivity contribution is -0.114. The fourth-order valence-corrected chi connectivity index (χ4v) is 1.57. The zero-order chi connectivity index (χ0) is 12.3. The number of aldehydes is 1. The van der Waals surface area contributed by atoms with Gasteiger partial charge < -0.3 is 14.4 Å². The maximum atomic E-state index is 13.4. The molecule has 1 fully saturated rings. The van der Waals surface area contributed by atoms with Crippen molar-refractivity contribution in [1.82, 2.24) is 4.90 Å². The summed E-state index contributed by atoms with van der Waals surface area (Å²) in [6.45, 7) is 5.60. The molecule has 0 aliphatic carbocycles. The van der Waals surface area contributed by atoms with Gasteiger partial charge in [0.2, 0.25) is 0 Å². The number of carbonyl (C=O) groups is 2. The Morgan fingerprint density at radius 3 is 2.56 bits per heavy atom. The van der Waals surface area contributed by atoms with E-state index in [-0.39, 0.29) is 6.54 Å². The Bertz CT molecular complexity index is 275. The van der Waals surface area contributed by atoms with Gasteiger partial charge in [0.1, 0.15) is 18.1 Å². The number of alkyl halides is 1. The molecule has 1 aliphatic rings. The van der Waals surface area contributed by atoms with E-state index in [4.69, 9.17) is 4.74 Å². The van der Waals surface area contributed by atoms with Gasteiger partial charge in [-0.1, -0.05) is 0 Å². The lowest BCUT2D eigenvalue weighted by atomic mass is 9.97. The SMILES string of the molecule is CC(C)(C)OC(=O)N1CC[C@H](C=O)[C@@H](F)C1. The molecule has 0 spiro atoms. The lowest BCUT2D eigenvalue weighted by Crippen LogP contribution is -2.47. The molecule has 0 unspecified atom stereocenters. The minimum Gasteiger partial charge on any atom is -0.444 e. The molecular formula is C11H18FNO3. The van der Waals surface area contributed by atoms with E-state index in [9.17, 15) is 14.0 Å². The largest absolute Gasteiger partial charge is 0.444 e. The van der Waals surface area contributed by atoms with Gasteiger partial charge in [-0.25, -0.2) is 9.18 Å². The summed E-state index contributed by atoms with van der Waals surface area (Å²) in [4.78, 5) is 23.4. The highest BCUT2D eigenvalue weighted by molar-refractivity contribution is 5.68. The lowest BCUT2D eigenvalue weighted by Gasteiger charge is -2.33. The molecule has 0 radical (unpaired) electrons. The van der Waals surface area contributed by atoms with Crippen molar-refractivity contribution >= 4 is 12.4 Å². The van der Waals surface area contributed by atoms with Gasteiger partial charge in [0.15, 0.2) is 0 Å². The van der Waals surface area contributed by atoms with Crippen LogP contribution in [0.1, 0.15) is 27.2 Å². The third-order valence-electron chi connectivity index (χ3n) is 2.42. The highest BCUT2D eigenvalue weighted by Gasteiger charge is 2.33. The first-order valence-electron chi connectivity index (χ1n) is 5.41. The fourth-order valence-electron chi connectivity index (χ4n) is 1.57. The zero-order valence-corrected chi connectivity index (χ0v) is 9.90. The zero-order valence-electron chi connectivity index (χ0n) is 9.90. The van der Waals surface area contributed by atoms with Crippen LogP contribution < -0.4 is 0 Å². The van der Waals surface area contributed by atoms with Crippen LogP contribution in [0.4, 0.5) is 9.18 Å². The average Bonchev–Trinajstić information content (AvgIpc) is 2.15. The number of hydrogen-bond donors (Lipinski definition) is 0. The molecule has 4 nitrogen and oxygen atoms in total. The van der Waals surface area contributed by atoms with E-state index >= 15 is 0 Å². The summed E-state index contributed by atoms with van der Waals surface area (Å²) in [6.07, 6.45) is -0.806. The van der Waals surface area contributed by atoms with E-state index < -0.39 is 23.8 Å². The number of amides is 1. The van der Waals surface area contributed by atoms with Gasteiger partial charge >= 0.3 is 6.09 Å². The Kier molecular flexibility index (Phi) is 3.88. The van der Waals surface area contributed by atoms with Crippen molar-refractivity contribution in [2.24, 2.45) is 5.92 Å². The first kappa shape index (κ1) is 12.9. The third-order valence-corrected chi connectivity index (χ3v) is 2.42. The highest BCUT2D eigenvalue weighted by Crippen LogP contribution is 2.20. The Labute approximate surface area is 94.7 Å². The number of carbonyl (C=O) groups excluding carboxylic acids is 2. The topological polar surface area (TPSA) is 46.6 Å². The van der Waals surface area contributed by atoms with Crippen LogP contribution >= 0.6 is 0 Å². The molecular weight excluding hydrogens is 213 g/mol. The van der Waals surface area contributed by atoms with Crippen LogP contribution in [0.15, 0.2) is 0 Å². The normalized spacial score (nSPS) is 26.4. The number of rotatable bonds is 1. The minimum absolute atomic E-state index is 0.0572. The van der Waals surface area contributed by atoms with Crippen LogP contribution in [0.2, 0.25) is 0 Å². The molecule has 92 valence electrons. The first-order chi connectivity index (χ1) is 7.33. The van der Waals surface area contributed by atoms with Gasteiger partial charge in [0.25, 0.3) is 0 Å². The number of likely N-dealkylation sites (tertiary alicyclic amines) is 1. The summed E-state index contributed by atoms with van der Waals surface area (Å²) in [5.74, 6) is -0.585.